The van der Waals surface area contributed by atoms with Crippen LogP contribution in [0.3, 0.4) is 0 Å². The first kappa shape index (κ1) is 18.0. The van der Waals surface area contributed by atoms with Gasteiger partial charge in [0.2, 0.25) is 0 Å². The number of hydrogen-bond acceptors (Lipinski definition) is 2. The van der Waals surface area contributed by atoms with E-state index in [2.05, 4.69) is 41.1 Å². The molecule has 1 unspecified atom stereocenters. The molecule has 1 atom stereocenters. The fourth-order valence-corrected chi connectivity index (χ4v) is 3.64. The number of halogens is 1. The Morgan fingerprint density at radius 1 is 1.16 bits per heavy atom. The maximum absolute atomic E-state index is 12.8. The van der Waals surface area contributed by atoms with Crippen molar-refractivity contribution in [2.75, 3.05) is 13.7 Å². The van der Waals surface area contributed by atoms with Crippen LogP contribution < -0.4 is 4.74 Å². The molecule has 1 aliphatic rings. The average molecular weight is 402 g/mol. The van der Waals surface area contributed by atoms with Gasteiger partial charge in [0.15, 0.2) is 0 Å². The van der Waals surface area contributed by atoms with E-state index in [1.165, 1.54) is 11.1 Å². The van der Waals surface area contributed by atoms with Gasteiger partial charge in [-0.05, 0) is 66.8 Å². The van der Waals surface area contributed by atoms with E-state index < -0.39 is 0 Å². The van der Waals surface area contributed by atoms with E-state index in [4.69, 9.17) is 4.74 Å². The summed E-state index contributed by atoms with van der Waals surface area (Å²) < 4.78 is 6.76. The molecule has 0 heterocycles. The summed E-state index contributed by atoms with van der Waals surface area (Å²) in [7, 11) is 1.90. The van der Waals surface area contributed by atoms with Crippen LogP contribution in [0.4, 0.5) is 0 Å². The van der Waals surface area contributed by atoms with Crippen molar-refractivity contribution >= 4 is 21.8 Å². The van der Waals surface area contributed by atoms with Crippen molar-refractivity contribution in [2.45, 2.75) is 38.6 Å². The molecule has 0 aliphatic heterocycles. The fourth-order valence-electron chi connectivity index (χ4n) is 3.23. The first-order valence-electron chi connectivity index (χ1n) is 8.86. The highest BCUT2D eigenvalue weighted by atomic mass is 79.9. The van der Waals surface area contributed by atoms with Gasteiger partial charge in [-0.1, -0.05) is 35.3 Å². The Balaban J connectivity index is 1.63. The van der Waals surface area contributed by atoms with E-state index in [9.17, 15) is 4.79 Å². The minimum absolute atomic E-state index is 0.0666. The second-order valence-corrected chi connectivity index (χ2v) is 7.53. The van der Waals surface area contributed by atoms with E-state index in [-0.39, 0.29) is 11.9 Å². The quantitative estimate of drug-likeness (QED) is 0.646. The normalized spacial score (nSPS) is 15.7. The largest absolute Gasteiger partial charge is 0.494 e. The summed E-state index contributed by atoms with van der Waals surface area (Å²) in [5.74, 6) is 0.891. The van der Waals surface area contributed by atoms with Crippen molar-refractivity contribution in [3.63, 3.8) is 0 Å². The minimum Gasteiger partial charge on any atom is -0.494 e. The number of amides is 1. The Hall–Kier alpha value is -1.81. The van der Waals surface area contributed by atoms with Gasteiger partial charge in [0, 0.05) is 23.1 Å². The van der Waals surface area contributed by atoms with E-state index >= 15 is 0 Å². The van der Waals surface area contributed by atoms with E-state index in [0.717, 1.165) is 42.5 Å². The highest BCUT2D eigenvalue weighted by Crippen LogP contribution is 2.28. The monoisotopic (exact) mass is 401 g/mol. The van der Waals surface area contributed by atoms with Crippen LogP contribution in [0.25, 0.3) is 0 Å². The SMILES string of the molecule is CCCCOc1ccc(C(=O)N(C)C2Cc3ccc(Br)cc3C2)cc1. The van der Waals surface area contributed by atoms with E-state index in [1.807, 2.05) is 36.2 Å². The predicted octanol–water partition coefficient (Wildman–Crippen LogP) is 4.87. The third kappa shape index (κ3) is 4.24. The Labute approximate surface area is 158 Å². The summed E-state index contributed by atoms with van der Waals surface area (Å²) in [6, 6.07) is 14.1. The topological polar surface area (TPSA) is 29.5 Å². The zero-order valence-corrected chi connectivity index (χ0v) is 16.4. The first-order valence-corrected chi connectivity index (χ1v) is 9.65. The van der Waals surface area contributed by atoms with Crippen LogP contribution in [0, 0.1) is 0 Å². The van der Waals surface area contributed by atoms with Crippen molar-refractivity contribution < 1.29 is 9.53 Å². The molecule has 0 fully saturated rings. The summed E-state index contributed by atoms with van der Waals surface area (Å²) >= 11 is 3.52. The Morgan fingerprint density at radius 2 is 1.88 bits per heavy atom. The van der Waals surface area contributed by atoms with Crippen LogP contribution >= 0.6 is 15.9 Å². The number of carbonyl (C=O) groups excluding carboxylic acids is 1. The summed E-state index contributed by atoms with van der Waals surface area (Å²) in [6.07, 6.45) is 3.99. The standard InChI is InChI=1S/C21H24BrNO2/c1-3-4-11-25-20-9-6-15(7-10-20)21(24)23(2)19-13-16-5-8-18(22)12-17(16)14-19/h5-10,12,19H,3-4,11,13-14H2,1-2H3. The van der Waals surface area contributed by atoms with Gasteiger partial charge in [-0.3, -0.25) is 4.79 Å². The summed E-state index contributed by atoms with van der Waals surface area (Å²) in [5.41, 5.74) is 3.38. The molecular formula is C21H24BrNO2. The average Bonchev–Trinajstić information content (AvgIpc) is 3.04. The smallest absolute Gasteiger partial charge is 0.253 e. The molecule has 132 valence electrons. The highest BCUT2D eigenvalue weighted by molar-refractivity contribution is 9.10. The summed E-state index contributed by atoms with van der Waals surface area (Å²) in [4.78, 5) is 14.7. The lowest BCUT2D eigenvalue weighted by Gasteiger charge is -2.24. The molecule has 0 N–H and O–H groups in total. The Bertz CT molecular complexity index is 742. The van der Waals surface area contributed by atoms with Crippen molar-refractivity contribution in [1.82, 2.24) is 4.90 Å². The Morgan fingerprint density at radius 3 is 2.60 bits per heavy atom. The lowest BCUT2D eigenvalue weighted by atomic mass is 10.1. The molecule has 2 aromatic carbocycles. The van der Waals surface area contributed by atoms with Gasteiger partial charge in [0.25, 0.3) is 5.91 Å². The number of benzene rings is 2. The maximum atomic E-state index is 12.8. The van der Waals surface area contributed by atoms with Crippen molar-refractivity contribution in [1.29, 1.82) is 0 Å². The van der Waals surface area contributed by atoms with Crippen LogP contribution in [0.1, 0.15) is 41.3 Å². The molecule has 3 rings (SSSR count). The van der Waals surface area contributed by atoms with Crippen LogP contribution in [0.15, 0.2) is 46.9 Å². The molecule has 3 nitrogen and oxygen atoms in total. The number of hydrogen-bond donors (Lipinski definition) is 0. The molecule has 0 saturated heterocycles. The van der Waals surface area contributed by atoms with Gasteiger partial charge < -0.3 is 9.64 Å². The molecule has 1 amide bonds. The molecule has 0 saturated carbocycles. The number of carbonyl (C=O) groups is 1. The molecule has 0 aromatic heterocycles. The minimum atomic E-state index is 0.0666. The third-order valence-corrected chi connectivity index (χ3v) is 5.31. The summed E-state index contributed by atoms with van der Waals surface area (Å²) in [6.45, 7) is 2.86. The number of nitrogens with zero attached hydrogens (tertiary/aromatic N) is 1. The van der Waals surface area contributed by atoms with Crippen LogP contribution in [0.2, 0.25) is 0 Å². The molecule has 25 heavy (non-hydrogen) atoms. The lowest BCUT2D eigenvalue weighted by Crippen LogP contribution is -2.37. The zero-order valence-electron chi connectivity index (χ0n) is 14.8. The molecule has 0 spiro atoms. The second-order valence-electron chi connectivity index (χ2n) is 6.62. The molecule has 0 radical (unpaired) electrons. The van der Waals surface area contributed by atoms with Crippen LogP contribution in [0.5, 0.6) is 5.75 Å². The molecule has 0 bridgehead atoms. The van der Waals surface area contributed by atoms with E-state index in [0.29, 0.717) is 5.56 Å². The van der Waals surface area contributed by atoms with Gasteiger partial charge in [-0.25, -0.2) is 0 Å². The third-order valence-electron chi connectivity index (χ3n) is 4.82. The molecule has 2 aromatic rings. The van der Waals surface area contributed by atoms with Crippen molar-refractivity contribution in [3.8, 4) is 5.75 Å². The lowest BCUT2D eigenvalue weighted by molar-refractivity contribution is 0.0737. The predicted molar refractivity (Wildman–Crippen MR) is 104 cm³/mol. The first-order chi connectivity index (χ1) is 12.1. The number of unbranched alkanes of at least 4 members (excludes halogenated alkanes) is 1. The number of fused-ring (bicyclic) bond motifs is 1. The van der Waals surface area contributed by atoms with Gasteiger partial charge in [0.05, 0.1) is 6.61 Å². The van der Waals surface area contributed by atoms with Gasteiger partial charge in [0.1, 0.15) is 5.75 Å². The zero-order chi connectivity index (χ0) is 17.8. The second kappa shape index (κ2) is 8.05. The van der Waals surface area contributed by atoms with Crippen molar-refractivity contribution in [3.05, 3.63) is 63.6 Å². The maximum Gasteiger partial charge on any atom is 0.253 e. The van der Waals surface area contributed by atoms with Gasteiger partial charge in [-0.2, -0.15) is 0 Å². The number of likely N-dealkylation sites (N-methyl/N-ethyl adjacent to an activating group) is 1. The Kier molecular flexibility index (Phi) is 5.79. The molecule has 4 heteroatoms. The number of ether oxygens (including phenoxy) is 1. The fraction of sp³-hybridized carbons (Fsp3) is 0.381. The van der Waals surface area contributed by atoms with Crippen molar-refractivity contribution in [2.24, 2.45) is 0 Å². The van der Waals surface area contributed by atoms with Crippen LogP contribution in [-0.2, 0) is 12.8 Å². The number of rotatable bonds is 6. The van der Waals surface area contributed by atoms with Gasteiger partial charge in [-0.15, -0.1) is 0 Å². The molecule has 1 aliphatic carbocycles. The summed E-state index contributed by atoms with van der Waals surface area (Å²) in [5, 5.41) is 0. The van der Waals surface area contributed by atoms with Crippen LogP contribution in [-0.4, -0.2) is 30.5 Å². The van der Waals surface area contributed by atoms with E-state index in [1.54, 1.807) is 0 Å². The van der Waals surface area contributed by atoms with Gasteiger partial charge >= 0.3 is 0 Å². The highest BCUT2D eigenvalue weighted by Gasteiger charge is 2.28. The molecular weight excluding hydrogens is 378 g/mol.